The molecule has 30 heavy (non-hydrogen) atoms. The second kappa shape index (κ2) is 7.87. The van der Waals surface area contributed by atoms with Crippen molar-refractivity contribution in [3.05, 3.63) is 60.4 Å². The number of aryl methyl sites for hydroxylation is 1. The highest BCUT2D eigenvalue weighted by Crippen LogP contribution is 2.28. The molecule has 3 aromatic rings. The van der Waals surface area contributed by atoms with Crippen LogP contribution in [0.1, 0.15) is 12.0 Å². The van der Waals surface area contributed by atoms with E-state index in [4.69, 9.17) is 4.74 Å². The first-order chi connectivity index (χ1) is 14.7. The Labute approximate surface area is 175 Å². The number of fused-ring (bicyclic) bond motifs is 1. The third kappa shape index (κ3) is 3.54. The standard InChI is InChI=1S/C22H24N6O2/c1-26-11-10-23-22(26)17-7-8-20(25-24-17)27-14-18-19(15-27)30-12-9-21(29)28(18)13-16-5-3-2-4-6-16/h2-8,10-11,18-19H,9,12-15H2,1H3/t18-,19-/m0/s1. The molecule has 2 fully saturated rings. The average Bonchev–Trinajstić information content (AvgIpc) is 3.36. The van der Waals surface area contributed by atoms with Crippen LogP contribution in [0.15, 0.2) is 54.9 Å². The van der Waals surface area contributed by atoms with Crippen LogP contribution >= 0.6 is 0 Å². The Balaban J connectivity index is 1.36. The molecular weight excluding hydrogens is 380 g/mol. The van der Waals surface area contributed by atoms with Gasteiger partial charge in [-0.15, -0.1) is 10.2 Å². The Hall–Kier alpha value is -3.26. The highest BCUT2D eigenvalue weighted by atomic mass is 16.5. The number of hydrogen-bond donors (Lipinski definition) is 0. The van der Waals surface area contributed by atoms with Crippen molar-refractivity contribution in [3.8, 4) is 11.5 Å². The van der Waals surface area contributed by atoms with Crippen molar-refractivity contribution in [2.24, 2.45) is 7.05 Å². The van der Waals surface area contributed by atoms with E-state index in [0.29, 0.717) is 32.7 Å². The van der Waals surface area contributed by atoms with Gasteiger partial charge in [0, 0.05) is 39.1 Å². The quantitative estimate of drug-likeness (QED) is 0.661. The molecule has 2 saturated heterocycles. The van der Waals surface area contributed by atoms with Crippen LogP contribution in [0.2, 0.25) is 0 Å². The molecule has 1 aromatic carbocycles. The number of imidazole rings is 1. The summed E-state index contributed by atoms with van der Waals surface area (Å²) in [5, 5.41) is 8.80. The summed E-state index contributed by atoms with van der Waals surface area (Å²) in [6, 6.07) is 14.0. The first-order valence-corrected chi connectivity index (χ1v) is 10.2. The Morgan fingerprint density at radius 1 is 1.10 bits per heavy atom. The van der Waals surface area contributed by atoms with Crippen molar-refractivity contribution in [1.29, 1.82) is 0 Å². The zero-order valence-corrected chi connectivity index (χ0v) is 16.9. The summed E-state index contributed by atoms with van der Waals surface area (Å²) in [5.74, 6) is 1.71. The number of ether oxygens (including phenoxy) is 1. The molecule has 1 amide bonds. The molecule has 154 valence electrons. The molecule has 0 radical (unpaired) electrons. The number of carbonyl (C=O) groups excluding carboxylic acids is 1. The van der Waals surface area contributed by atoms with Gasteiger partial charge in [-0.2, -0.15) is 0 Å². The summed E-state index contributed by atoms with van der Waals surface area (Å²) in [7, 11) is 1.93. The third-order valence-electron chi connectivity index (χ3n) is 5.83. The van der Waals surface area contributed by atoms with E-state index in [1.165, 1.54) is 0 Å². The maximum atomic E-state index is 12.8. The smallest absolute Gasteiger partial charge is 0.225 e. The fourth-order valence-electron chi connectivity index (χ4n) is 4.24. The molecule has 0 bridgehead atoms. The van der Waals surface area contributed by atoms with Crippen molar-refractivity contribution in [2.75, 3.05) is 24.6 Å². The van der Waals surface area contributed by atoms with E-state index in [2.05, 4.69) is 32.2 Å². The van der Waals surface area contributed by atoms with Crippen molar-refractivity contribution in [1.82, 2.24) is 24.6 Å². The van der Waals surface area contributed by atoms with E-state index in [9.17, 15) is 4.79 Å². The number of nitrogens with zero attached hydrogens (tertiary/aromatic N) is 6. The molecule has 0 N–H and O–H groups in total. The van der Waals surface area contributed by atoms with E-state index in [0.717, 1.165) is 22.9 Å². The first kappa shape index (κ1) is 18.7. The van der Waals surface area contributed by atoms with Gasteiger partial charge in [0.05, 0.1) is 25.2 Å². The van der Waals surface area contributed by atoms with Gasteiger partial charge in [0.15, 0.2) is 11.6 Å². The minimum atomic E-state index is -0.0313. The van der Waals surface area contributed by atoms with E-state index in [1.54, 1.807) is 6.20 Å². The number of amides is 1. The van der Waals surface area contributed by atoms with Gasteiger partial charge in [-0.1, -0.05) is 30.3 Å². The summed E-state index contributed by atoms with van der Waals surface area (Å²) in [6.45, 7) is 2.43. The van der Waals surface area contributed by atoms with Crippen molar-refractivity contribution >= 4 is 11.7 Å². The third-order valence-corrected chi connectivity index (χ3v) is 5.83. The van der Waals surface area contributed by atoms with Gasteiger partial charge >= 0.3 is 0 Å². The monoisotopic (exact) mass is 404 g/mol. The zero-order valence-electron chi connectivity index (χ0n) is 16.9. The fourth-order valence-corrected chi connectivity index (χ4v) is 4.24. The van der Waals surface area contributed by atoms with Gasteiger partial charge < -0.3 is 19.1 Å². The Morgan fingerprint density at radius 3 is 2.70 bits per heavy atom. The highest BCUT2D eigenvalue weighted by Gasteiger charge is 2.41. The van der Waals surface area contributed by atoms with Gasteiger partial charge in [0.1, 0.15) is 5.69 Å². The second-order valence-electron chi connectivity index (χ2n) is 7.78. The minimum absolute atomic E-state index is 0.00350. The zero-order chi connectivity index (χ0) is 20.5. The number of carbonyl (C=O) groups is 1. The van der Waals surface area contributed by atoms with Crippen molar-refractivity contribution < 1.29 is 9.53 Å². The predicted molar refractivity (Wildman–Crippen MR) is 112 cm³/mol. The second-order valence-corrected chi connectivity index (χ2v) is 7.78. The molecule has 0 aliphatic carbocycles. The molecule has 0 spiro atoms. The lowest BCUT2D eigenvalue weighted by molar-refractivity contribution is -0.133. The minimum Gasteiger partial charge on any atom is -0.374 e. The summed E-state index contributed by atoms with van der Waals surface area (Å²) in [4.78, 5) is 21.3. The summed E-state index contributed by atoms with van der Waals surface area (Å²) in [6.07, 6.45) is 4.03. The van der Waals surface area contributed by atoms with Crippen LogP contribution < -0.4 is 4.90 Å². The highest BCUT2D eigenvalue weighted by molar-refractivity contribution is 5.77. The topological polar surface area (TPSA) is 76.4 Å². The van der Waals surface area contributed by atoms with Gasteiger partial charge in [-0.05, 0) is 17.7 Å². The fraction of sp³-hybridized carbons (Fsp3) is 0.364. The summed E-state index contributed by atoms with van der Waals surface area (Å²) >= 11 is 0. The molecule has 0 unspecified atom stereocenters. The largest absolute Gasteiger partial charge is 0.374 e. The number of rotatable bonds is 4. The van der Waals surface area contributed by atoms with E-state index in [1.807, 2.05) is 53.0 Å². The molecule has 0 saturated carbocycles. The molecule has 8 nitrogen and oxygen atoms in total. The van der Waals surface area contributed by atoms with Crippen molar-refractivity contribution in [2.45, 2.75) is 25.1 Å². The Bertz CT molecular complexity index is 1020. The lowest BCUT2D eigenvalue weighted by atomic mass is 10.1. The molecule has 2 aromatic heterocycles. The molecule has 8 heteroatoms. The number of aromatic nitrogens is 4. The lowest BCUT2D eigenvalue weighted by Crippen LogP contribution is -2.45. The van der Waals surface area contributed by atoms with Crippen LogP contribution in [-0.2, 0) is 23.1 Å². The molecule has 2 aliphatic heterocycles. The van der Waals surface area contributed by atoms with Crippen LogP contribution in [0.25, 0.3) is 11.5 Å². The van der Waals surface area contributed by atoms with Crippen LogP contribution in [0, 0.1) is 0 Å². The Kier molecular flexibility index (Phi) is 4.92. The van der Waals surface area contributed by atoms with Gasteiger partial charge in [0.2, 0.25) is 5.91 Å². The first-order valence-electron chi connectivity index (χ1n) is 10.2. The molecular formula is C22H24N6O2. The van der Waals surface area contributed by atoms with Gasteiger partial charge in [-0.25, -0.2) is 4.98 Å². The average molecular weight is 404 g/mol. The predicted octanol–water partition coefficient (Wildman–Crippen LogP) is 1.88. The summed E-state index contributed by atoms with van der Waals surface area (Å²) in [5.41, 5.74) is 1.86. The number of anilines is 1. The van der Waals surface area contributed by atoms with Crippen molar-refractivity contribution in [3.63, 3.8) is 0 Å². The maximum Gasteiger partial charge on any atom is 0.225 e. The molecule has 2 atom stereocenters. The lowest BCUT2D eigenvalue weighted by Gasteiger charge is -2.29. The molecule has 5 rings (SSSR count). The Morgan fingerprint density at radius 2 is 1.97 bits per heavy atom. The number of hydrogen-bond acceptors (Lipinski definition) is 6. The van der Waals surface area contributed by atoms with E-state index < -0.39 is 0 Å². The van der Waals surface area contributed by atoms with E-state index >= 15 is 0 Å². The molecule has 4 heterocycles. The van der Waals surface area contributed by atoms with E-state index in [-0.39, 0.29) is 18.1 Å². The van der Waals surface area contributed by atoms with Gasteiger partial charge in [0.25, 0.3) is 0 Å². The van der Waals surface area contributed by atoms with Crippen LogP contribution in [0.3, 0.4) is 0 Å². The SMILES string of the molecule is Cn1ccnc1-c1ccc(N2C[C@@H]3OCCC(=O)N(Cc4ccccc4)[C@H]3C2)nn1. The van der Waals surface area contributed by atoms with Crippen LogP contribution in [-0.4, -0.2) is 62.4 Å². The van der Waals surface area contributed by atoms with Crippen LogP contribution in [0.5, 0.6) is 0 Å². The summed E-state index contributed by atoms with van der Waals surface area (Å²) < 4.78 is 7.96. The molecule has 2 aliphatic rings. The normalized spacial score (nSPS) is 21.6. The van der Waals surface area contributed by atoms with Gasteiger partial charge in [-0.3, -0.25) is 4.79 Å². The maximum absolute atomic E-state index is 12.8. The van der Waals surface area contributed by atoms with Crippen LogP contribution in [0.4, 0.5) is 5.82 Å². The number of benzene rings is 1.